The zero-order chi connectivity index (χ0) is 22.6. The predicted molar refractivity (Wildman–Crippen MR) is 140 cm³/mol. The lowest BCUT2D eigenvalue weighted by atomic mass is 9.78. The van der Waals surface area contributed by atoms with Crippen molar-refractivity contribution in [2.24, 2.45) is 11.8 Å². The summed E-state index contributed by atoms with van der Waals surface area (Å²) in [4.78, 5) is 0. The Morgan fingerprint density at radius 1 is 0.781 bits per heavy atom. The van der Waals surface area contributed by atoms with Crippen LogP contribution >= 0.6 is 0 Å². The summed E-state index contributed by atoms with van der Waals surface area (Å²) >= 11 is 0. The third-order valence-corrected chi connectivity index (χ3v) is 7.23. The van der Waals surface area contributed by atoms with Gasteiger partial charge < -0.3 is 4.74 Å². The van der Waals surface area contributed by atoms with Crippen molar-refractivity contribution in [2.45, 2.75) is 91.4 Å². The zero-order valence-corrected chi connectivity index (χ0v) is 20.7. The largest absolute Gasteiger partial charge is 0.494 e. The Balaban J connectivity index is 1.50. The summed E-state index contributed by atoms with van der Waals surface area (Å²) < 4.78 is 5.89. The summed E-state index contributed by atoms with van der Waals surface area (Å²) in [5, 5.41) is 0. The van der Waals surface area contributed by atoms with Gasteiger partial charge in [0.05, 0.1) is 6.61 Å². The molecular weight excluding hydrogens is 388 g/mol. The van der Waals surface area contributed by atoms with Gasteiger partial charge in [-0.2, -0.15) is 0 Å². The molecule has 0 aliphatic heterocycles. The Labute approximate surface area is 197 Å². The number of unbranched alkanes of at least 4 members (excludes halogenated alkanes) is 5. The van der Waals surface area contributed by atoms with Crippen molar-refractivity contribution >= 4 is 5.57 Å². The monoisotopic (exact) mass is 432 g/mol. The molecule has 0 radical (unpaired) electrons. The minimum atomic E-state index is 0.821. The molecule has 0 saturated carbocycles. The van der Waals surface area contributed by atoms with E-state index < -0.39 is 0 Å². The van der Waals surface area contributed by atoms with E-state index in [-0.39, 0.29) is 0 Å². The Hall–Kier alpha value is -2.02. The topological polar surface area (TPSA) is 9.23 Å². The molecule has 1 heteroatoms. The van der Waals surface area contributed by atoms with Crippen molar-refractivity contribution in [1.29, 1.82) is 0 Å². The minimum absolute atomic E-state index is 0.821. The van der Waals surface area contributed by atoms with Gasteiger partial charge in [-0.05, 0) is 71.9 Å². The highest BCUT2D eigenvalue weighted by Crippen LogP contribution is 2.36. The van der Waals surface area contributed by atoms with Crippen LogP contribution in [0.2, 0.25) is 0 Å². The molecule has 32 heavy (non-hydrogen) atoms. The van der Waals surface area contributed by atoms with Gasteiger partial charge in [-0.1, -0.05) is 108 Å². The second-order valence-electron chi connectivity index (χ2n) is 9.75. The first-order valence-corrected chi connectivity index (χ1v) is 13.2. The highest BCUT2D eigenvalue weighted by Gasteiger charge is 2.20. The smallest absolute Gasteiger partial charge is 0.119 e. The summed E-state index contributed by atoms with van der Waals surface area (Å²) in [6.07, 6.45) is 16.8. The van der Waals surface area contributed by atoms with Crippen LogP contribution in [0.5, 0.6) is 5.75 Å². The van der Waals surface area contributed by atoms with Crippen molar-refractivity contribution in [3.63, 3.8) is 0 Å². The van der Waals surface area contributed by atoms with Crippen LogP contribution in [0, 0.1) is 11.8 Å². The maximum Gasteiger partial charge on any atom is 0.119 e. The first-order chi connectivity index (χ1) is 15.7. The molecule has 1 aliphatic rings. The maximum atomic E-state index is 5.89. The number of ether oxygens (including phenoxy) is 1. The lowest BCUT2D eigenvalue weighted by molar-refractivity contribution is 0.305. The fourth-order valence-corrected chi connectivity index (χ4v) is 4.92. The van der Waals surface area contributed by atoms with E-state index in [0.717, 1.165) is 30.6 Å². The molecule has 0 N–H and O–H groups in total. The Kier molecular flexibility index (Phi) is 10.4. The van der Waals surface area contributed by atoms with Crippen LogP contribution in [0.4, 0.5) is 0 Å². The van der Waals surface area contributed by atoms with Crippen LogP contribution in [-0.2, 0) is 0 Å². The van der Waals surface area contributed by atoms with E-state index in [2.05, 4.69) is 75.4 Å². The van der Waals surface area contributed by atoms with E-state index in [1.807, 2.05) is 0 Å². The normalized spacial score (nSPS) is 17.1. The van der Waals surface area contributed by atoms with Gasteiger partial charge in [0.25, 0.3) is 0 Å². The fraction of sp³-hybridized carbons (Fsp3) is 0.548. The first-order valence-electron chi connectivity index (χ1n) is 13.2. The molecule has 0 bridgehead atoms. The molecule has 1 nitrogen and oxygen atoms in total. The van der Waals surface area contributed by atoms with E-state index >= 15 is 0 Å². The first kappa shape index (κ1) is 24.6. The second kappa shape index (κ2) is 13.5. The molecule has 0 spiro atoms. The molecule has 0 aromatic heterocycles. The van der Waals surface area contributed by atoms with Crippen LogP contribution in [0.3, 0.4) is 0 Å². The molecule has 0 amide bonds. The molecule has 2 aromatic rings. The van der Waals surface area contributed by atoms with Crippen molar-refractivity contribution < 1.29 is 4.74 Å². The summed E-state index contributed by atoms with van der Waals surface area (Å²) in [5.74, 6) is 2.72. The Morgan fingerprint density at radius 2 is 1.41 bits per heavy atom. The average Bonchev–Trinajstić information content (AvgIpc) is 2.85. The fourth-order valence-electron chi connectivity index (χ4n) is 4.92. The van der Waals surface area contributed by atoms with Gasteiger partial charge in [0.1, 0.15) is 5.75 Å². The maximum absolute atomic E-state index is 5.89. The van der Waals surface area contributed by atoms with Gasteiger partial charge in [0.15, 0.2) is 0 Å². The second-order valence-corrected chi connectivity index (χ2v) is 9.75. The third-order valence-electron chi connectivity index (χ3n) is 7.23. The van der Waals surface area contributed by atoms with Crippen LogP contribution in [0.25, 0.3) is 16.7 Å². The predicted octanol–water partition coefficient (Wildman–Crippen LogP) is 9.71. The molecule has 0 fully saturated rings. The van der Waals surface area contributed by atoms with Crippen molar-refractivity contribution in [1.82, 2.24) is 0 Å². The molecule has 2 aromatic carbocycles. The van der Waals surface area contributed by atoms with E-state index in [1.54, 1.807) is 5.57 Å². The molecule has 0 heterocycles. The van der Waals surface area contributed by atoms with Crippen LogP contribution in [0.1, 0.15) is 97.0 Å². The van der Waals surface area contributed by atoms with E-state index in [1.165, 1.54) is 80.9 Å². The van der Waals surface area contributed by atoms with Crippen molar-refractivity contribution in [3.8, 4) is 16.9 Å². The Bertz CT molecular complexity index is 799. The van der Waals surface area contributed by atoms with Gasteiger partial charge in [0.2, 0.25) is 0 Å². The van der Waals surface area contributed by atoms with Gasteiger partial charge in [-0.15, -0.1) is 0 Å². The van der Waals surface area contributed by atoms with Gasteiger partial charge >= 0.3 is 0 Å². The van der Waals surface area contributed by atoms with Gasteiger partial charge in [0, 0.05) is 0 Å². The Morgan fingerprint density at radius 3 is 2.03 bits per heavy atom. The van der Waals surface area contributed by atoms with Gasteiger partial charge in [-0.3, -0.25) is 0 Å². The standard InChI is InChI=1S/C31H44O/c1-4-6-8-10-24-32-31-22-20-30(21-23-31)29-18-16-28(17-19-29)27-14-12-26(13-15-27)25(3)11-9-7-5-2/h14,16-23,25-26H,4-13,15,24H2,1-3H3. The summed E-state index contributed by atoms with van der Waals surface area (Å²) in [6.45, 7) is 7.83. The number of hydrogen-bond acceptors (Lipinski definition) is 1. The van der Waals surface area contributed by atoms with Crippen LogP contribution in [-0.4, -0.2) is 6.61 Å². The molecule has 174 valence electrons. The van der Waals surface area contributed by atoms with Gasteiger partial charge in [-0.25, -0.2) is 0 Å². The zero-order valence-electron chi connectivity index (χ0n) is 20.7. The third kappa shape index (κ3) is 7.54. The number of hydrogen-bond donors (Lipinski definition) is 0. The number of rotatable bonds is 13. The molecule has 2 atom stereocenters. The molecule has 1 aliphatic carbocycles. The van der Waals surface area contributed by atoms with E-state index in [0.29, 0.717) is 0 Å². The van der Waals surface area contributed by atoms with Crippen LogP contribution in [0.15, 0.2) is 54.6 Å². The average molecular weight is 433 g/mol. The van der Waals surface area contributed by atoms with Crippen molar-refractivity contribution in [3.05, 3.63) is 60.2 Å². The lowest BCUT2D eigenvalue weighted by Crippen LogP contribution is -2.14. The molecular formula is C31H44O. The lowest BCUT2D eigenvalue weighted by Gasteiger charge is -2.27. The molecule has 2 unspecified atom stereocenters. The van der Waals surface area contributed by atoms with Crippen molar-refractivity contribution in [2.75, 3.05) is 6.61 Å². The number of benzene rings is 2. The molecule has 0 saturated heterocycles. The molecule has 3 rings (SSSR count). The van der Waals surface area contributed by atoms with E-state index in [9.17, 15) is 0 Å². The highest BCUT2D eigenvalue weighted by atomic mass is 16.5. The SMILES string of the molecule is CCCCCCOc1ccc(-c2ccc(C3=CCC(C(C)CCCCC)CC3)cc2)cc1. The highest BCUT2D eigenvalue weighted by molar-refractivity contribution is 5.71. The van der Waals surface area contributed by atoms with Crippen LogP contribution < -0.4 is 4.74 Å². The number of allylic oxidation sites excluding steroid dienone is 2. The summed E-state index contributed by atoms with van der Waals surface area (Å²) in [5.41, 5.74) is 5.48. The van der Waals surface area contributed by atoms with E-state index in [4.69, 9.17) is 4.74 Å². The summed E-state index contributed by atoms with van der Waals surface area (Å²) in [7, 11) is 0. The minimum Gasteiger partial charge on any atom is -0.494 e. The quantitative estimate of drug-likeness (QED) is 0.286. The summed E-state index contributed by atoms with van der Waals surface area (Å²) in [6, 6.07) is 17.7.